The van der Waals surface area contributed by atoms with Gasteiger partial charge in [-0.05, 0) is 48.5 Å². The number of halogens is 1. The Kier molecular flexibility index (Phi) is 5.73. The van der Waals surface area contributed by atoms with Crippen LogP contribution < -0.4 is 0 Å². The average molecular weight is 492 g/mol. The summed E-state index contributed by atoms with van der Waals surface area (Å²) in [7, 11) is -3.43. The van der Waals surface area contributed by atoms with Gasteiger partial charge in [-0.2, -0.15) is 5.10 Å². The zero-order valence-corrected chi connectivity index (χ0v) is 19.4. The number of hydrogen-bond donors (Lipinski definition) is 1. The van der Waals surface area contributed by atoms with Crippen molar-refractivity contribution in [2.24, 2.45) is 0 Å². The zero-order chi connectivity index (χ0) is 23.7. The third-order valence-electron chi connectivity index (χ3n) is 5.41. The van der Waals surface area contributed by atoms with E-state index in [-0.39, 0.29) is 22.3 Å². The molecule has 0 aliphatic carbocycles. The van der Waals surface area contributed by atoms with E-state index in [0.717, 1.165) is 38.6 Å². The van der Waals surface area contributed by atoms with Crippen molar-refractivity contribution >= 4 is 26.8 Å². The molecule has 0 atom stereocenters. The van der Waals surface area contributed by atoms with Gasteiger partial charge in [0.1, 0.15) is 15.7 Å². The van der Waals surface area contributed by atoms with Crippen LogP contribution in [0.15, 0.2) is 71.3 Å². The van der Waals surface area contributed by atoms with Gasteiger partial charge in [0.15, 0.2) is 9.84 Å². The predicted molar refractivity (Wildman–Crippen MR) is 130 cm³/mol. The van der Waals surface area contributed by atoms with E-state index in [1.807, 2.05) is 22.7 Å². The smallest absolute Gasteiger partial charge is 0.215 e. The third-order valence-corrected chi connectivity index (χ3v) is 8.90. The molecular formula is C24H18FN5O2S2. The van der Waals surface area contributed by atoms with Crippen molar-refractivity contribution in [1.82, 2.24) is 19.6 Å². The summed E-state index contributed by atoms with van der Waals surface area (Å²) in [6.45, 7) is 7.03. The van der Waals surface area contributed by atoms with E-state index in [1.165, 1.54) is 23.5 Å². The number of aromatic amines is 1. The fourth-order valence-electron chi connectivity index (χ4n) is 3.72. The number of fused-ring (bicyclic) bond motifs is 1. The number of nitrogens with zero attached hydrogens (tertiary/aromatic N) is 4. The summed E-state index contributed by atoms with van der Waals surface area (Å²) in [4.78, 5) is 8.46. The normalized spacial score (nSPS) is 11.6. The van der Waals surface area contributed by atoms with Gasteiger partial charge in [0.25, 0.3) is 0 Å². The van der Waals surface area contributed by atoms with Crippen LogP contribution in [0.4, 0.5) is 4.39 Å². The SMILES string of the molecule is [C-]#[N+]CCCS(=O)(=O)c1ccc(-c2cnc3ccc(-c4cn[nH]c4-c4ccc(F)cc4)cn23)s1. The van der Waals surface area contributed by atoms with Crippen LogP contribution in [0.5, 0.6) is 0 Å². The number of sulfone groups is 1. The molecule has 0 saturated carbocycles. The zero-order valence-electron chi connectivity index (χ0n) is 17.8. The fraction of sp³-hybridized carbons (Fsp3) is 0.125. The topological polar surface area (TPSA) is 84.5 Å². The van der Waals surface area contributed by atoms with Crippen LogP contribution in [0, 0.1) is 12.4 Å². The van der Waals surface area contributed by atoms with Crippen LogP contribution in [-0.2, 0) is 9.84 Å². The minimum absolute atomic E-state index is 0.0424. The van der Waals surface area contributed by atoms with Gasteiger partial charge in [-0.3, -0.25) is 9.50 Å². The minimum atomic E-state index is -3.43. The Balaban J connectivity index is 1.52. The second kappa shape index (κ2) is 8.85. The van der Waals surface area contributed by atoms with Crippen LogP contribution in [0.1, 0.15) is 6.42 Å². The van der Waals surface area contributed by atoms with Crippen molar-refractivity contribution in [3.8, 4) is 33.0 Å². The van der Waals surface area contributed by atoms with E-state index in [0.29, 0.717) is 6.42 Å². The first-order valence-corrected chi connectivity index (χ1v) is 12.9. The summed E-state index contributed by atoms with van der Waals surface area (Å²) in [5.74, 6) is -0.350. The van der Waals surface area contributed by atoms with Crippen LogP contribution in [0.25, 0.3) is 43.4 Å². The molecule has 0 bridgehead atoms. The lowest BCUT2D eigenvalue weighted by Crippen LogP contribution is -2.05. The van der Waals surface area contributed by atoms with Gasteiger partial charge in [-0.25, -0.2) is 24.4 Å². The Hall–Kier alpha value is -3.81. The number of H-pyrrole nitrogens is 1. The largest absolute Gasteiger partial charge is 0.317 e. The monoisotopic (exact) mass is 491 g/mol. The lowest BCUT2D eigenvalue weighted by atomic mass is 10.0. The van der Waals surface area contributed by atoms with Crippen LogP contribution >= 0.6 is 11.3 Å². The van der Waals surface area contributed by atoms with E-state index in [4.69, 9.17) is 6.57 Å². The Labute approximate surface area is 199 Å². The molecule has 0 aliphatic rings. The van der Waals surface area contributed by atoms with Gasteiger partial charge in [0.2, 0.25) is 6.54 Å². The van der Waals surface area contributed by atoms with Gasteiger partial charge in [-0.1, -0.05) is 0 Å². The first-order valence-electron chi connectivity index (χ1n) is 10.4. The Morgan fingerprint density at radius 2 is 1.85 bits per heavy atom. The highest BCUT2D eigenvalue weighted by molar-refractivity contribution is 7.93. The summed E-state index contributed by atoms with van der Waals surface area (Å²) in [5, 5.41) is 7.17. The summed E-state index contributed by atoms with van der Waals surface area (Å²) >= 11 is 1.19. The molecule has 1 N–H and O–H groups in total. The number of imidazole rings is 1. The predicted octanol–water partition coefficient (Wildman–Crippen LogP) is 5.34. The highest BCUT2D eigenvalue weighted by atomic mass is 32.2. The molecule has 0 spiro atoms. The van der Waals surface area contributed by atoms with Crippen molar-refractivity contribution in [2.75, 3.05) is 12.3 Å². The summed E-state index contributed by atoms with van der Waals surface area (Å²) in [6.07, 6.45) is 5.68. The molecule has 10 heteroatoms. The molecule has 0 aliphatic heterocycles. The third kappa shape index (κ3) is 4.11. The standard InChI is InChI=1S/C24H18FN5O2S2/c1-26-11-2-12-34(31,32)23-10-8-21(33-23)20-14-27-22-9-5-17(15-30(20)22)19-13-28-29-24(19)16-3-6-18(25)7-4-16/h3-10,13-15H,2,11-12H2,(H,28,29). The first kappa shape index (κ1) is 22.0. The first-order chi connectivity index (χ1) is 16.5. The van der Waals surface area contributed by atoms with Gasteiger partial charge < -0.3 is 4.85 Å². The van der Waals surface area contributed by atoms with Crippen molar-refractivity contribution in [3.63, 3.8) is 0 Å². The highest BCUT2D eigenvalue weighted by Gasteiger charge is 2.19. The van der Waals surface area contributed by atoms with Gasteiger partial charge in [-0.15, -0.1) is 11.3 Å². The summed E-state index contributed by atoms with van der Waals surface area (Å²) in [5.41, 5.74) is 4.80. The van der Waals surface area contributed by atoms with Gasteiger partial charge >= 0.3 is 0 Å². The second-order valence-electron chi connectivity index (χ2n) is 7.63. The van der Waals surface area contributed by atoms with Crippen molar-refractivity contribution in [1.29, 1.82) is 0 Å². The molecular weight excluding hydrogens is 473 g/mol. The van der Waals surface area contributed by atoms with Crippen LogP contribution in [0.3, 0.4) is 0 Å². The second-order valence-corrected chi connectivity index (χ2v) is 11.0. The number of aromatic nitrogens is 4. The van der Waals surface area contributed by atoms with E-state index in [2.05, 4.69) is 20.0 Å². The van der Waals surface area contributed by atoms with E-state index >= 15 is 0 Å². The molecule has 0 unspecified atom stereocenters. The Morgan fingerprint density at radius 1 is 1.06 bits per heavy atom. The number of benzene rings is 1. The summed E-state index contributed by atoms with van der Waals surface area (Å²) in [6, 6.07) is 13.4. The molecule has 170 valence electrons. The maximum absolute atomic E-state index is 13.4. The summed E-state index contributed by atoms with van der Waals surface area (Å²) < 4.78 is 40.8. The molecule has 0 saturated heterocycles. The molecule has 7 nitrogen and oxygen atoms in total. The van der Waals surface area contributed by atoms with Crippen LogP contribution in [-0.4, -0.2) is 40.3 Å². The molecule has 4 heterocycles. The average Bonchev–Trinajstić information content (AvgIpc) is 3.58. The molecule has 1 aromatic carbocycles. The maximum Gasteiger partial charge on any atom is 0.215 e. The van der Waals surface area contributed by atoms with Gasteiger partial charge in [0.05, 0.1) is 34.4 Å². The minimum Gasteiger partial charge on any atom is -0.317 e. The quantitative estimate of drug-likeness (QED) is 0.246. The number of thiophene rings is 1. The van der Waals surface area contributed by atoms with Crippen LogP contribution in [0.2, 0.25) is 0 Å². The Morgan fingerprint density at radius 3 is 2.65 bits per heavy atom. The highest BCUT2D eigenvalue weighted by Crippen LogP contribution is 2.34. The van der Waals surface area contributed by atoms with E-state index < -0.39 is 9.84 Å². The lowest BCUT2D eigenvalue weighted by molar-refractivity contribution is 0.596. The molecule has 0 amide bonds. The lowest BCUT2D eigenvalue weighted by Gasteiger charge is -2.06. The van der Waals surface area contributed by atoms with E-state index in [1.54, 1.807) is 36.7 Å². The molecule has 5 rings (SSSR count). The van der Waals surface area contributed by atoms with E-state index in [9.17, 15) is 12.8 Å². The molecule has 34 heavy (non-hydrogen) atoms. The molecule has 5 aromatic rings. The number of pyridine rings is 1. The maximum atomic E-state index is 13.4. The van der Waals surface area contributed by atoms with Crippen molar-refractivity contribution < 1.29 is 12.8 Å². The van der Waals surface area contributed by atoms with Crippen molar-refractivity contribution in [2.45, 2.75) is 10.6 Å². The molecule has 0 radical (unpaired) electrons. The number of rotatable bonds is 7. The number of hydrogen-bond acceptors (Lipinski definition) is 5. The van der Waals surface area contributed by atoms with Gasteiger partial charge in [0, 0.05) is 29.3 Å². The Bertz CT molecular complexity index is 1630. The molecule has 0 fully saturated rings. The fourth-order valence-corrected chi connectivity index (χ4v) is 6.48. The molecule has 4 aromatic heterocycles. The van der Waals surface area contributed by atoms with Crippen molar-refractivity contribution in [3.05, 3.63) is 84.4 Å². The number of nitrogens with one attached hydrogen (secondary N) is 1.